The number of carboxylic acid groups (broad SMARTS) is 1. The number of urea groups is 1. The SMILES string of the molecule is CC1CCCCC1NC(=O)N1CCCC1CC(=O)O. The molecule has 5 heteroatoms. The number of hydrogen-bond donors (Lipinski definition) is 2. The molecule has 19 heavy (non-hydrogen) atoms. The number of aliphatic carboxylic acids is 1. The maximum Gasteiger partial charge on any atom is 0.317 e. The van der Waals surface area contributed by atoms with Gasteiger partial charge < -0.3 is 15.3 Å². The quantitative estimate of drug-likeness (QED) is 0.824. The summed E-state index contributed by atoms with van der Waals surface area (Å²) in [5.74, 6) is -0.297. The molecule has 2 N–H and O–H groups in total. The van der Waals surface area contributed by atoms with Crippen LogP contribution in [-0.2, 0) is 4.79 Å². The van der Waals surface area contributed by atoms with E-state index in [0.29, 0.717) is 12.5 Å². The van der Waals surface area contributed by atoms with E-state index >= 15 is 0 Å². The number of nitrogens with one attached hydrogen (secondary N) is 1. The lowest BCUT2D eigenvalue weighted by Gasteiger charge is -2.32. The van der Waals surface area contributed by atoms with E-state index in [1.165, 1.54) is 19.3 Å². The summed E-state index contributed by atoms with van der Waals surface area (Å²) in [6, 6.07) is 0.0613. The van der Waals surface area contributed by atoms with Gasteiger partial charge in [0, 0.05) is 18.6 Å². The van der Waals surface area contributed by atoms with Gasteiger partial charge in [0.05, 0.1) is 6.42 Å². The lowest BCUT2D eigenvalue weighted by molar-refractivity contribution is -0.137. The van der Waals surface area contributed by atoms with Gasteiger partial charge in [0.1, 0.15) is 0 Å². The molecule has 1 heterocycles. The number of carbonyl (C=O) groups is 2. The zero-order chi connectivity index (χ0) is 13.8. The van der Waals surface area contributed by atoms with Gasteiger partial charge in [-0.1, -0.05) is 19.8 Å². The number of likely N-dealkylation sites (tertiary alicyclic amines) is 1. The van der Waals surface area contributed by atoms with Crippen LogP contribution in [0.3, 0.4) is 0 Å². The number of amides is 2. The Bertz CT molecular complexity index is 346. The van der Waals surface area contributed by atoms with Crippen LogP contribution in [0.4, 0.5) is 4.79 Å². The molecule has 2 fully saturated rings. The summed E-state index contributed by atoms with van der Waals surface area (Å²) >= 11 is 0. The number of carboxylic acids is 1. The average molecular weight is 268 g/mol. The third-order valence-electron chi connectivity index (χ3n) is 4.47. The molecule has 5 nitrogen and oxygen atoms in total. The summed E-state index contributed by atoms with van der Waals surface area (Å²) in [4.78, 5) is 24.8. The van der Waals surface area contributed by atoms with Crippen molar-refractivity contribution in [2.24, 2.45) is 5.92 Å². The fraction of sp³-hybridized carbons (Fsp3) is 0.857. The van der Waals surface area contributed by atoms with Crippen LogP contribution < -0.4 is 5.32 Å². The largest absolute Gasteiger partial charge is 0.481 e. The van der Waals surface area contributed by atoms with Crippen molar-refractivity contribution < 1.29 is 14.7 Å². The average Bonchev–Trinajstić information content (AvgIpc) is 2.79. The number of nitrogens with zero attached hydrogens (tertiary/aromatic N) is 1. The summed E-state index contributed by atoms with van der Waals surface area (Å²) in [5.41, 5.74) is 0. The molecule has 0 aromatic heterocycles. The van der Waals surface area contributed by atoms with E-state index in [1.54, 1.807) is 4.90 Å². The lowest BCUT2D eigenvalue weighted by Crippen LogP contribution is -2.49. The predicted octanol–water partition coefficient (Wildman–Crippen LogP) is 2.21. The normalized spacial score (nSPS) is 31.2. The smallest absolute Gasteiger partial charge is 0.317 e. The highest BCUT2D eigenvalue weighted by atomic mass is 16.4. The topological polar surface area (TPSA) is 69.6 Å². The summed E-state index contributed by atoms with van der Waals surface area (Å²) in [5, 5.41) is 12.0. The molecule has 0 bridgehead atoms. The molecule has 0 radical (unpaired) electrons. The summed E-state index contributed by atoms with van der Waals surface area (Å²) in [6.45, 7) is 2.87. The van der Waals surface area contributed by atoms with Gasteiger partial charge in [-0.15, -0.1) is 0 Å². The zero-order valence-electron chi connectivity index (χ0n) is 11.6. The summed E-state index contributed by atoms with van der Waals surface area (Å²) in [7, 11) is 0. The lowest BCUT2D eigenvalue weighted by atomic mass is 9.86. The molecule has 0 spiro atoms. The predicted molar refractivity (Wildman–Crippen MR) is 71.9 cm³/mol. The first-order valence-corrected chi connectivity index (χ1v) is 7.37. The third-order valence-corrected chi connectivity index (χ3v) is 4.47. The first-order chi connectivity index (χ1) is 9.08. The third kappa shape index (κ3) is 3.61. The monoisotopic (exact) mass is 268 g/mol. The molecule has 0 aromatic carbocycles. The molecule has 1 aliphatic carbocycles. The second-order valence-electron chi connectivity index (χ2n) is 5.91. The highest BCUT2D eigenvalue weighted by molar-refractivity contribution is 5.76. The molecular formula is C14H24N2O3. The van der Waals surface area contributed by atoms with Crippen molar-refractivity contribution in [3.63, 3.8) is 0 Å². The van der Waals surface area contributed by atoms with Crippen molar-refractivity contribution in [1.29, 1.82) is 0 Å². The van der Waals surface area contributed by atoms with Gasteiger partial charge in [-0.2, -0.15) is 0 Å². The summed E-state index contributed by atoms with van der Waals surface area (Å²) < 4.78 is 0. The van der Waals surface area contributed by atoms with Crippen molar-refractivity contribution in [1.82, 2.24) is 10.2 Å². The minimum Gasteiger partial charge on any atom is -0.481 e. The van der Waals surface area contributed by atoms with Crippen LogP contribution >= 0.6 is 0 Å². The first-order valence-electron chi connectivity index (χ1n) is 7.37. The Labute approximate surface area is 114 Å². The molecular weight excluding hydrogens is 244 g/mol. The highest BCUT2D eigenvalue weighted by Gasteiger charge is 2.32. The highest BCUT2D eigenvalue weighted by Crippen LogP contribution is 2.25. The second-order valence-corrected chi connectivity index (χ2v) is 5.91. The van der Waals surface area contributed by atoms with Gasteiger partial charge in [0.15, 0.2) is 0 Å². The Balaban J connectivity index is 1.89. The zero-order valence-corrected chi connectivity index (χ0v) is 11.6. The second kappa shape index (κ2) is 6.26. The van der Waals surface area contributed by atoms with Crippen LogP contribution in [0.2, 0.25) is 0 Å². The molecule has 1 saturated carbocycles. The van der Waals surface area contributed by atoms with E-state index in [-0.39, 0.29) is 24.5 Å². The maximum atomic E-state index is 12.3. The summed E-state index contributed by atoms with van der Waals surface area (Å²) in [6.07, 6.45) is 6.42. The Morgan fingerprint density at radius 2 is 1.95 bits per heavy atom. The van der Waals surface area contributed by atoms with Crippen LogP contribution in [0.25, 0.3) is 0 Å². The van der Waals surface area contributed by atoms with Crippen molar-refractivity contribution in [2.75, 3.05) is 6.54 Å². The van der Waals surface area contributed by atoms with E-state index in [1.807, 2.05) is 0 Å². The van der Waals surface area contributed by atoms with Gasteiger partial charge in [-0.05, 0) is 31.6 Å². The minimum absolute atomic E-state index is 0.0631. The van der Waals surface area contributed by atoms with Gasteiger partial charge in [0.25, 0.3) is 0 Å². The van der Waals surface area contributed by atoms with Crippen LogP contribution in [0.15, 0.2) is 0 Å². The van der Waals surface area contributed by atoms with E-state index < -0.39 is 5.97 Å². The van der Waals surface area contributed by atoms with E-state index in [4.69, 9.17) is 5.11 Å². The molecule has 1 aliphatic heterocycles. The maximum absolute atomic E-state index is 12.3. The van der Waals surface area contributed by atoms with E-state index in [9.17, 15) is 9.59 Å². The Hall–Kier alpha value is -1.26. The molecule has 2 aliphatic rings. The van der Waals surface area contributed by atoms with E-state index in [0.717, 1.165) is 19.3 Å². The Kier molecular flexibility index (Phi) is 4.66. The molecule has 1 saturated heterocycles. The van der Waals surface area contributed by atoms with Crippen LogP contribution in [0, 0.1) is 5.92 Å². The van der Waals surface area contributed by atoms with Gasteiger partial charge in [-0.3, -0.25) is 4.79 Å². The fourth-order valence-corrected chi connectivity index (χ4v) is 3.29. The van der Waals surface area contributed by atoms with Crippen LogP contribution in [-0.4, -0.2) is 40.6 Å². The number of rotatable bonds is 3. The molecule has 3 atom stereocenters. The van der Waals surface area contributed by atoms with Gasteiger partial charge >= 0.3 is 12.0 Å². The molecule has 3 unspecified atom stereocenters. The van der Waals surface area contributed by atoms with Crippen molar-refractivity contribution in [3.05, 3.63) is 0 Å². The number of carbonyl (C=O) groups excluding carboxylic acids is 1. The molecule has 2 rings (SSSR count). The Morgan fingerprint density at radius 1 is 1.21 bits per heavy atom. The standard InChI is InChI=1S/C14H24N2O3/c1-10-5-2-3-7-12(10)15-14(19)16-8-4-6-11(16)9-13(17)18/h10-12H,2-9H2,1H3,(H,15,19)(H,17,18). The number of hydrogen-bond acceptors (Lipinski definition) is 2. The van der Waals surface area contributed by atoms with E-state index in [2.05, 4.69) is 12.2 Å². The first kappa shape index (κ1) is 14.2. The van der Waals surface area contributed by atoms with Crippen molar-refractivity contribution in [2.45, 2.75) is 64.0 Å². The van der Waals surface area contributed by atoms with Crippen molar-refractivity contribution >= 4 is 12.0 Å². The van der Waals surface area contributed by atoms with Crippen LogP contribution in [0.5, 0.6) is 0 Å². The minimum atomic E-state index is -0.823. The fourth-order valence-electron chi connectivity index (χ4n) is 3.29. The van der Waals surface area contributed by atoms with Gasteiger partial charge in [0.2, 0.25) is 0 Å². The molecule has 108 valence electrons. The Morgan fingerprint density at radius 3 is 2.63 bits per heavy atom. The van der Waals surface area contributed by atoms with Crippen molar-refractivity contribution in [3.8, 4) is 0 Å². The van der Waals surface area contributed by atoms with Crippen LogP contribution in [0.1, 0.15) is 51.9 Å². The molecule has 2 amide bonds. The van der Waals surface area contributed by atoms with Gasteiger partial charge in [-0.25, -0.2) is 4.79 Å². The molecule has 0 aromatic rings.